The zero-order valence-corrected chi connectivity index (χ0v) is 14.0. The third-order valence-electron chi connectivity index (χ3n) is 2.99. The lowest BCUT2D eigenvalue weighted by molar-refractivity contribution is 0.672. The molecule has 112 valence electrons. The molecule has 2 N–H and O–H groups in total. The first-order valence-electron chi connectivity index (χ1n) is 6.89. The zero-order chi connectivity index (χ0) is 14.8. The minimum Gasteiger partial charge on any atom is -0.356 e. The molecule has 1 aromatic carbocycles. The van der Waals surface area contributed by atoms with E-state index >= 15 is 0 Å². The molecule has 5 heteroatoms. The SMILES string of the molecule is CN=C(NCCCCSC)NC(C)c1cccc(Cl)c1. The Morgan fingerprint density at radius 3 is 2.85 bits per heavy atom. The molecule has 0 bridgehead atoms. The van der Waals surface area contributed by atoms with Gasteiger partial charge in [-0.1, -0.05) is 23.7 Å². The highest BCUT2D eigenvalue weighted by Crippen LogP contribution is 2.17. The predicted octanol–water partition coefficient (Wildman–Crippen LogP) is 3.71. The Bertz CT molecular complexity index is 423. The number of unbranched alkanes of at least 4 members (excludes halogenated alkanes) is 1. The molecule has 0 aromatic heterocycles. The number of guanidine groups is 1. The van der Waals surface area contributed by atoms with Gasteiger partial charge in [-0.3, -0.25) is 4.99 Å². The molecular formula is C15H24ClN3S. The van der Waals surface area contributed by atoms with Crippen LogP contribution in [0.25, 0.3) is 0 Å². The van der Waals surface area contributed by atoms with Gasteiger partial charge in [0.1, 0.15) is 0 Å². The van der Waals surface area contributed by atoms with E-state index in [-0.39, 0.29) is 6.04 Å². The highest BCUT2D eigenvalue weighted by molar-refractivity contribution is 7.98. The summed E-state index contributed by atoms with van der Waals surface area (Å²) in [5.41, 5.74) is 1.16. The Hall–Kier alpha value is -0.870. The maximum absolute atomic E-state index is 6.02. The summed E-state index contributed by atoms with van der Waals surface area (Å²) in [4.78, 5) is 4.25. The number of hydrogen-bond donors (Lipinski definition) is 2. The third kappa shape index (κ3) is 6.53. The monoisotopic (exact) mass is 313 g/mol. The topological polar surface area (TPSA) is 36.4 Å². The molecule has 1 rings (SSSR count). The summed E-state index contributed by atoms with van der Waals surface area (Å²) in [6, 6.07) is 8.07. The summed E-state index contributed by atoms with van der Waals surface area (Å²) >= 11 is 7.91. The summed E-state index contributed by atoms with van der Waals surface area (Å²) in [6.07, 6.45) is 4.53. The first kappa shape index (κ1) is 17.2. The van der Waals surface area contributed by atoms with Crippen LogP contribution in [0.3, 0.4) is 0 Å². The number of rotatable bonds is 7. The summed E-state index contributed by atoms with van der Waals surface area (Å²) in [5.74, 6) is 2.05. The Labute approximate surface area is 131 Å². The number of aliphatic imine (C=N–C) groups is 1. The zero-order valence-electron chi connectivity index (χ0n) is 12.4. The van der Waals surface area contributed by atoms with Gasteiger partial charge in [0.15, 0.2) is 5.96 Å². The fraction of sp³-hybridized carbons (Fsp3) is 0.533. The van der Waals surface area contributed by atoms with Crippen molar-refractivity contribution in [2.24, 2.45) is 4.99 Å². The Balaban J connectivity index is 2.40. The van der Waals surface area contributed by atoms with E-state index in [1.165, 1.54) is 12.2 Å². The van der Waals surface area contributed by atoms with Crippen molar-refractivity contribution in [2.75, 3.05) is 25.6 Å². The van der Waals surface area contributed by atoms with Crippen LogP contribution in [0.1, 0.15) is 31.4 Å². The van der Waals surface area contributed by atoms with Crippen molar-refractivity contribution in [1.29, 1.82) is 0 Å². The molecule has 3 nitrogen and oxygen atoms in total. The predicted molar refractivity (Wildman–Crippen MR) is 92.0 cm³/mol. The van der Waals surface area contributed by atoms with E-state index in [4.69, 9.17) is 11.6 Å². The lowest BCUT2D eigenvalue weighted by atomic mass is 10.1. The fourth-order valence-corrected chi connectivity index (χ4v) is 2.53. The van der Waals surface area contributed by atoms with E-state index in [2.05, 4.69) is 34.9 Å². The molecule has 0 aliphatic heterocycles. The maximum atomic E-state index is 6.02. The van der Waals surface area contributed by atoms with Crippen LogP contribution in [0.4, 0.5) is 0 Å². The molecule has 0 saturated heterocycles. The average molecular weight is 314 g/mol. The van der Waals surface area contributed by atoms with Crippen molar-refractivity contribution in [3.63, 3.8) is 0 Å². The van der Waals surface area contributed by atoms with Crippen LogP contribution in [-0.2, 0) is 0 Å². The molecule has 20 heavy (non-hydrogen) atoms. The van der Waals surface area contributed by atoms with Crippen LogP contribution in [0.2, 0.25) is 5.02 Å². The number of benzene rings is 1. The number of nitrogens with zero attached hydrogens (tertiary/aromatic N) is 1. The highest BCUT2D eigenvalue weighted by Gasteiger charge is 2.07. The molecular weight excluding hydrogens is 290 g/mol. The molecule has 0 radical (unpaired) electrons. The van der Waals surface area contributed by atoms with Gasteiger partial charge < -0.3 is 10.6 Å². The molecule has 1 aromatic rings. The number of nitrogens with one attached hydrogen (secondary N) is 2. The molecule has 0 aliphatic rings. The molecule has 0 aliphatic carbocycles. The van der Waals surface area contributed by atoms with Gasteiger partial charge in [0.05, 0.1) is 6.04 Å². The van der Waals surface area contributed by atoms with Crippen LogP contribution >= 0.6 is 23.4 Å². The minimum absolute atomic E-state index is 0.172. The van der Waals surface area contributed by atoms with Gasteiger partial charge in [0, 0.05) is 18.6 Å². The molecule has 0 fully saturated rings. The Morgan fingerprint density at radius 2 is 2.20 bits per heavy atom. The van der Waals surface area contributed by atoms with E-state index in [0.29, 0.717) is 0 Å². The van der Waals surface area contributed by atoms with Gasteiger partial charge in [-0.05, 0) is 49.5 Å². The van der Waals surface area contributed by atoms with Gasteiger partial charge in [0.25, 0.3) is 0 Å². The van der Waals surface area contributed by atoms with Crippen molar-refractivity contribution >= 4 is 29.3 Å². The van der Waals surface area contributed by atoms with Gasteiger partial charge in [-0.25, -0.2) is 0 Å². The lowest BCUT2D eigenvalue weighted by Gasteiger charge is -2.18. The van der Waals surface area contributed by atoms with E-state index in [9.17, 15) is 0 Å². The summed E-state index contributed by atoms with van der Waals surface area (Å²) in [6.45, 7) is 3.05. The van der Waals surface area contributed by atoms with Crippen LogP contribution in [0.15, 0.2) is 29.3 Å². The quantitative estimate of drug-likeness (QED) is 0.458. The molecule has 0 spiro atoms. The Morgan fingerprint density at radius 1 is 1.40 bits per heavy atom. The molecule has 1 unspecified atom stereocenters. The smallest absolute Gasteiger partial charge is 0.191 e. The van der Waals surface area contributed by atoms with Crippen LogP contribution in [0.5, 0.6) is 0 Å². The summed E-state index contributed by atoms with van der Waals surface area (Å²) in [5, 5.41) is 7.48. The van der Waals surface area contributed by atoms with Gasteiger partial charge in [-0.15, -0.1) is 0 Å². The van der Waals surface area contributed by atoms with Crippen LogP contribution < -0.4 is 10.6 Å². The summed E-state index contributed by atoms with van der Waals surface area (Å²) < 4.78 is 0. The van der Waals surface area contributed by atoms with Gasteiger partial charge in [0.2, 0.25) is 0 Å². The minimum atomic E-state index is 0.172. The second-order valence-electron chi connectivity index (χ2n) is 4.62. The molecule has 1 atom stereocenters. The molecule has 0 saturated carbocycles. The second kappa shape index (κ2) is 9.94. The highest BCUT2D eigenvalue weighted by atomic mass is 35.5. The molecule has 0 amide bonds. The average Bonchev–Trinajstić information content (AvgIpc) is 2.45. The van der Waals surface area contributed by atoms with Gasteiger partial charge >= 0.3 is 0 Å². The van der Waals surface area contributed by atoms with Crippen molar-refractivity contribution in [2.45, 2.75) is 25.8 Å². The van der Waals surface area contributed by atoms with Crippen LogP contribution in [0, 0.1) is 0 Å². The number of halogens is 1. The van der Waals surface area contributed by atoms with Crippen molar-refractivity contribution in [1.82, 2.24) is 10.6 Å². The van der Waals surface area contributed by atoms with Crippen molar-refractivity contribution in [3.8, 4) is 0 Å². The van der Waals surface area contributed by atoms with Crippen molar-refractivity contribution in [3.05, 3.63) is 34.9 Å². The van der Waals surface area contributed by atoms with E-state index in [1.807, 2.05) is 30.0 Å². The molecule has 0 heterocycles. The summed E-state index contributed by atoms with van der Waals surface area (Å²) in [7, 11) is 1.79. The van der Waals surface area contributed by atoms with E-state index in [0.717, 1.165) is 29.5 Å². The second-order valence-corrected chi connectivity index (χ2v) is 6.04. The largest absolute Gasteiger partial charge is 0.356 e. The third-order valence-corrected chi connectivity index (χ3v) is 3.93. The van der Waals surface area contributed by atoms with Crippen molar-refractivity contribution < 1.29 is 0 Å². The first-order chi connectivity index (χ1) is 9.67. The first-order valence-corrected chi connectivity index (χ1v) is 8.66. The van der Waals surface area contributed by atoms with E-state index in [1.54, 1.807) is 7.05 Å². The lowest BCUT2D eigenvalue weighted by Crippen LogP contribution is -2.39. The fourth-order valence-electron chi connectivity index (χ4n) is 1.84. The van der Waals surface area contributed by atoms with Crippen LogP contribution in [-0.4, -0.2) is 31.6 Å². The van der Waals surface area contributed by atoms with Gasteiger partial charge in [-0.2, -0.15) is 11.8 Å². The number of thioether (sulfide) groups is 1. The van der Waals surface area contributed by atoms with E-state index < -0.39 is 0 Å². The number of hydrogen-bond acceptors (Lipinski definition) is 2. The standard InChI is InChI=1S/C15H24ClN3S/c1-12(13-7-6-8-14(16)11-13)19-15(17-2)18-9-4-5-10-20-3/h6-8,11-12H,4-5,9-10H2,1-3H3,(H2,17,18,19). The normalized spacial score (nSPS) is 13.1. The maximum Gasteiger partial charge on any atom is 0.191 e. The Kier molecular flexibility index (Phi) is 8.54.